The highest BCUT2D eigenvalue weighted by molar-refractivity contribution is 5.96. The fourth-order valence-electron chi connectivity index (χ4n) is 4.49. The third-order valence-corrected chi connectivity index (χ3v) is 6.41. The van der Waals surface area contributed by atoms with Crippen LogP contribution < -0.4 is 15.4 Å². The largest absolute Gasteiger partial charge is 0.465 e. The van der Waals surface area contributed by atoms with Gasteiger partial charge in [0.05, 0.1) is 6.20 Å². The minimum atomic E-state index is -1.06. The van der Waals surface area contributed by atoms with Crippen LogP contribution in [0.1, 0.15) is 48.0 Å². The number of carbonyl (C=O) groups is 2. The molecule has 4 N–H and O–H groups in total. The number of hydrogen-bond acceptors (Lipinski definition) is 5. The summed E-state index contributed by atoms with van der Waals surface area (Å²) in [6.07, 6.45) is 3.90. The molecule has 4 rings (SSSR count). The molecule has 1 aliphatic rings. The lowest BCUT2D eigenvalue weighted by Crippen LogP contribution is -2.43. The molecule has 194 valence electrons. The summed E-state index contributed by atoms with van der Waals surface area (Å²) >= 11 is 0. The molecule has 9 heteroatoms. The van der Waals surface area contributed by atoms with Crippen LogP contribution in [0.15, 0.2) is 60.8 Å². The summed E-state index contributed by atoms with van der Waals surface area (Å²) in [6, 6.07) is 16.2. The number of ether oxygens (including phenoxy) is 1. The first-order valence-corrected chi connectivity index (χ1v) is 12.3. The molecule has 0 atom stereocenters. The van der Waals surface area contributed by atoms with Gasteiger partial charge in [-0.3, -0.25) is 4.79 Å². The van der Waals surface area contributed by atoms with Crippen molar-refractivity contribution in [3.8, 4) is 22.8 Å². The number of rotatable bonds is 9. The van der Waals surface area contributed by atoms with Crippen LogP contribution in [-0.4, -0.2) is 45.9 Å². The molecule has 1 aliphatic carbocycles. The molecule has 3 aromatic rings. The van der Waals surface area contributed by atoms with Crippen molar-refractivity contribution in [2.45, 2.75) is 50.6 Å². The number of hydrogen-bond donors (Lipinski definition) is 4. The predicted molar refractivity (Wildman–Crippen MR) is 136 cm³/mol. The Morgan fingerprint density at radius 1 is 0.973 bits per heavy atom. The maximum Gasteiger partial charge on any atom is 0.404 e. The lowest BCUT2D eigenvalue weighted by Gasteiger charge is -2.29. The van der Waals surface area contributed by atoms with Crippen molar-refractivity contribution in [1.82, 2.24) is 15.6 Å². The van der Waals surface area contributed by atoms with E-state index in [1.54, 1.807) is 6.07 Å². The molecule has 2 aromatic carbocycles. The predicted octanol–water partition coefficient (Wildman–Crippen LogP) is 4.91. The van der Waals surface area contributed by atoms with Crippen LogP contribution in [0.2, 0.25) is 0 Å². The van der Waals surface area contributed by atoms with Crippen molar-refractivity contribution in [2.24, 2.45) is 0 Å². The molecule has 1 fully saturated rings. The van der Waals surface area contributed by atoms with E-state index in [2.05, 4.69) is 15.6 Å². The molecule has 0 saturated heterocycles. The molecule has 0 bridgehead atoms. The number of pyridine rings is 1. The molecule has 1 heterocycles. The van der Waals surface area contributed by atoms with E-state index in [9.17, 15) is 14.0 Å². The topological polar surface area (TPSA) is 121 Å². The molecular formula is C28H30FN3O5. The SMILES string of the molecule is O=C(O)NC1CCC(NC(=O)c2cc(F)cnc2Oc2cccc(-c3ccc(CCCO)cc3)c2)CC1. The minimum Gasteiger partial charge on any atom is -0.465 e. The van der Waals surface area contributed by atoms with Gasteiger partial charge in [0.25, 0.3) is 5.91 Å². The van der Waals surface area contributed by atoms with E-state index < -0.39 is 17.8 Å². The number of halogens is 1. The van der Waals surface area contributed by atoms with Crippen molar-refractivity contribution in [2.75, 3.05) is 6.61 Å². The Morgan fingerprint density at radius 3 is 2.35 bits per heavy atom. The quantitative estimate of drug-likeness (QED) is 0.327. The monoisotopic (exact) mass is 507 g/mol. The van der Waals surface area contributed by atoms with Crippen LogP contribution in [0.4, 0.5) is 9.18 Å². The number of nitrogens with one attached hydrogen (secondary N) is 2. The van der Waals surface area contributed by atoms with Gasteiger partial charge >= 0.3 is 6.09 Å². The van der Waals surface area contributed by atoms with Crippen LogP contribution in [-0.2, 0) is 6.42 Å². The highest BCUT2D eigenvalue weighted by atomic mass is 19.1. The molecule has 37 heavy (non-hydrogen) atoms. The molecule has 2 amide bonds. The summed E-state index contributed by atoms with van der Waals surface area (Å²) in [6.45, 7) is 0.157. The Morgan fingerprint density at radius 2 is 1.68 bits per heavy atom. The first-order chi connectivity index (χ1) is 17.9. The maximum atomic E-state index is 14.0. The summed E-state index contributed by atoms with van der Waals surface area (Å²) in [5, 5.41) is 23.3. The molecule has 0 spiro atoms. The fourth-order valence-corrected chi connectivity index (χ4v) is 4.49. The van der Waals surface area contributed by atoms with Gasteiger partial charge in [-0.2, -0.15) is 0 Å². The zero-order valence-electron chi connectivity index (χ0n) is 20.3. The molecule has 0 aliphatic heterocycles. The van der Waals surface area contributed by atoms with Gasteiger partial charge in [-0.25, -0.2) is 14.2 Å². The van der Waals surface area contributed by atoms with E-state index in [1.165, 1.54) is 0 Å². The Hall–Kier alpha value is -3.98. The third-order valence-electron chi connectivity index (χ3n) is 6.41. The summed E-state index contributed by atoms with van der Waals surface area (Å²) < 4.78 is 20.0. The van der Waals surface area contributed by atoms with Crippen LogP contribution in [0.5, 0.6) is 11.6 Å². The van der Waals surface area contributed by atoms with E-state index in [-0.39, 0.29) is 30.1 Å². The van der Waals surface area contributed by atoms with E-state index >= 15 is 0 Å². The van der Waals surface area contributed by atoms with Gasteiger partial charge in [0, 0.05) is 18.7 Å². The highest BCUT2D eigenvalue weighted by Gasteiger charge is 2.25. The second-order valence-electron chi connectivity index (χ2n) is 9.13. The second-order valence-corrected chi connectivity index (χ2v) is 9.13. The fraction of sp³-hybridized carbons (Fsp3) is 0.321. The van der Waals surface area contributed by atoms with E-state index in [1.807, 2.05) is 42.5 Å². The molecule has 1 saturated carbocycles. The van der Waals surface area contributed by atoms with Crippen molar-refractivity contribution in [3.63, 3.8) is 0 Å². The molecular weight excluding hydrogens is 477 g/mol. The van der Waals surface area contributed by atoms with Gasteiger partial charge in [-0.15, -0.1) is 0 Å². The molecule has 0 radical (unpaired) electrons. The summed E-state index contributed by atoms with van der Waals surface area (Å²) in [5.41, 5.74) is 3.02. The van der Waals surface area contributed by atoms with Gasteiger partial charge in [0.15, 0.2) is 0 Å². The molecule has 0 unspecified atom stereocenters. The first kappa shape index (κ1) is 26.1. The van der Waals surface area contributed by atoms with Gasteiger partial charge in [-0.1, -0.05) is 36.4 Å². The smallest absolute Gasteiger partial charge is 0.404 e. The lowest BCUT2D eigenvalue weighted by atomic mass is 9.91. The number of nitrogens with zero attached hydrogens (tertiary/aromatic N) is 1. The van der Waals surface area contributed by atoms with Crippen LogP contribution in [0.3, 0.4) is 0 Å². The second kappa shape index (κ2) is 12.3. The summed E-state index contributed by atoms with van der Waals surface area (Å²) in [5.74, 6) is -0.694. The van der Waals surface area contributed by atoms with E-state index in [4.69, 9.17) is 14.9 Å². The number of amides is 2. The first-order valence-electron chi connectivity index (χ1n) is 12.3. The number of benzene rings is 2. The number of aromatic nitrogens is 1. The normalized spacial score (nSPS) is 17.1. The van der Waals surface area contributed by atoms with Gasteiger partial charge in [0.1, 0.15) is 17.1 Å². The number of aliphatic hydroxyl groups is 1. The maximum absolute atomic E-state index is 14.0. The Labute approximate surface area is 214 Å². The standard InChI is InChI=1S/C28H30FN3O5/c29-21-16-25(26(34)31-22-10-12-23(13-11-22)32-28(35)36)27(30-17-21)37-24-5-1-4-20(15-24)19-8-6-18(7-9-19)3-2-14-33/h1,4-9,15-17,22-23,32-33H,2-3,10-14H2,(H,31,34)(H,35,36). The Balaban J connectivity index is 1.45. The van der Waals surface area contributed by atoms with Crippen LogP contribution in [0.25, 0.3) is 11.1 Å². The average Bonchev–Trinajstić information content (AvgIpc) is 2.90. The van der Waals surface area contributed by atoms with Gasteiger partial charge in [0.2, 0.25) is 5.88 Å². The Bertz CT molecular complexity index is 1230. The lowest BCUT2D eigenvalue weighted by molar-refractivity contribution is 0.0919. The highest BCUT2D eigenvalue weighted by Crippen LogP contribution is 2.29. The van der Waals surface area contributed by atoms with Gasteiger partial charge < -0.3 is 25.6 Å². The minimum absolute atomic E-state index is 0.00312. The Kier molecular flexibility index (Phi) is 8.68. The number of aryl methyl sites for hydroxylation is 1. The molecule has 8 nitrogen and oxygen atoms in total. The van der Waals surface area contributed by atoms with Crippen molar-refractivity contribution >= 4 is 12.0 Å². The van der Waals surface area contributed by atoms with E-state index in [0.717, 1.165) is 35.4 Å². The third kappa shape index (κ3) is 7.27. The van der Waals surface area contributed by atoms with Crippen molar-refractivity contribution in [1.29, 1.82) is 0 Å². The number of aliphatic hydroxyl groups excluding tert-OH is 1. The van der Waals surface area contributed by atoms with Crippen molar-refractivity contribution in [3.05, 3.63) is 77.7 Å². The van der Waals surface area contributed by atoms with Crippen LogP contribution >= 0.6 is 0 Å². The van der Waals surface area contributed by atoms with Crippen molar-refractivity contribution < 1.29 is 28.9 Å². The van der Waals surface area contributed by atoms with Crippen LogP contribution in [0, 0.1) is 5.82 Å². The number of carbonyl (C=O) groups excluding carboxylic acids is 1. The summed E-state index contributed by atoms with van der Waals surface area (Å²) in [7, 11) is 0. The number of carboxylic acid groups (broad SMARTS) is 1. The zero-order chi connectivity index (χ0) is 26.2. The zero-order valence-corrected chi connectivity index (χ0v) is 20.3. The van der Waals surface area contributed by atoms with Gasteiger partial charge in [-0.05, 0) is 73.4 Å². The van der Waals surface area contributed by atoms with E-state index in [0.29, 0.717) is 37.9 Å². The average molecular weight is 508 g/mol. The summed E-state index contributed by atoms with van der Waals surface area (Å²) in [4.78, 5) is 27.9. The molecule has 1 aromatic heterocycles.